The summed E-state index contributed by atoms with van der Waals surface area (Å²) in [6.07, 6.45) is -2.14. The van der Waals surface area contributed by atoms with E-state index >= 15 is 0 Å². The lowest BCUT2D eigenvalue weighted by Crippen LogP contribution is -2.47. The van der Waals surface area contributed by atoms with Crippen molar-refractivity contribution in [2.45, 2.75) is 38.5 Å². The van der Waals surface area contributed by atoms with E-state index in [0.29, 0.717) is 11.3 Å². The lowest BCUT2D eigenvalue weighted by molar-refractivity contribution is -0.146. The molecule has 2 atom stereocenters. The number of nitrogens with two attached hydrogens (primary N) is 1. The molecule has 0 heterocycles. The number of anilines is 1. The van der Waals surface area contributed by atoms with Gasteiger partial charge in [0, 0.05) is 5.69 Å². The van der Waals surface area contributed by atoms with Crippen LogP contribution in [0, 0.1) is 0 Å². The van der Waals surface area contributed by atoms with Crippen LogP contribution < -0.4 is 11.1 Å². The summed E-state index contributed by atoms with van der Waals surface area (Å²) in [5.41, 5.74) is 5.73. The number of amides is 1. The minimum atomic E-state index is -1.32. The van der Waals surface area contributed by atoms with Crippen LogP contribution >= 0.6 is 0 Å². The largest absolute Gasteiger partial charge is 0.467 e. The average molecular weight is 310 g/mol. The number of carbonyl (C=O) groups excluding carboxylic acids is 2. The molecule has 0 spiro atoms. The highest BCUT2D eigenvalue weighted by molar-refractivity contribution is 5.82. The molecule has 0 aliphatic carbocycles. The first-order valence-electron chi connectivity index (χ1n) is 6.75. The van der Waals surface area contributed by atoms with E-state index in [4.69, 9.17) is 10.5 Å². The molecule has 22 heavy (non-hydrogen) atoms. The quantitative estimate of drug-likeness (QED) is 0.572. The Balaban J connectivity index is 2.93. The molecule has 0 radical (unpaired) electrons. The molecule has 4 N–H and O–H groups in total. The Morgan fingerprint density at radius 3 is 2.45 bits per heavy atom. The molecule has 122 valence electrons. The van der Waals surface area contributed by atoms with Crippen LogP contribution in [0.15, 0.2) is 24.3 Å². The molecular formula is C15H22N2O5. The predicted octanol–water partition coefficient (Wildman–Crippen LogP) is 1.37. The van der Waals surface area contributed by atoms with Crippen LogP contribution in [-0.2, 0) is 14.3 Å². The number of aliphatic hydroxyl groups excluding tert-OH is 1. The molecule has 0 aliphatic rings. The van der Waals surface area contributed by atoms with E-state index in [-0.39, 0.29) is 0 Å². The van der Waals surface area contributed by atoms with Gasteiger partial charge in [0.1, 0.15) is 11.7 Å². The Kier molecular flexibility index (Phi) is 5.76. The number of nitrogens with one attached hydrogen (secondary N) is 1. The topological polar surface area (TPSA) is 111 Å². The van der Waals surface area contributed by atoms with Crippen LogP contribution in [0.4, 0.5) is 10.5 Å². The summed E-state index contributed by atoms with van der Waals surface area (Å²) in [5.74, 6) is -0.791. The zero-order valence-electron chi connectivity index (χ0n) is 13.1. The van der Waals surface area contributed by atoms with Gasteiger partial charge < -0.3 is 25.6 Å². The van der Waals surface area contributed by atoms with E-state index in [1.165, 1.54) is 6.07 Å². The lowest BCUT2D eigenvalue weighted by atomic mass is 10.0. The number of rotatable bonds is 4. The van der Waals surface area contributed by atoms with Gasteiger partial charge in [-0.05, 0) is 38.5 Å². The van der Waals surface area contributed by atoms with Gasteiger partial charge in [-0.15, -0.1) is 0 Å². The average Bonchev–Trinajstić information content (AvgIpc) is 2.41. The van der Waals surface area contributed by atoms with Crippen molar-refractivity contribution in [1.29, 1.82) is 0 Å². The standard InChI is InChI=1S/C15H22N2O5/c1-15(2,3)22-14(20)17-11(13(19)21-4)12(18)9-6-5-7-10(16)8-9/h5-8,11-12,18H,16H2,1-4H3,(H,17,20)/t11-,12+/m1/s1. The van der Waals surface area contributed by atoms with Gasteiger partial charge >= 0.3 is 12.1 Å². The SMILES string of the molecule is COC(=O)[C@H](NC(=O)OC(C)(C)C)[C@@H](O)c1cccc(N)c1. The third-order valence-corrected chi connectivity index (χ3v) is 2.70. The van der Waals surface area contributed by atoms with Gasteiger partial charge in [0.25, 0.3) is 0 Å². The summed E-state index contributed by atoms with van der Waals surface area (Å²) in [5, 5.41) is 12.6. The summed E-state index contributed by atoms with van der Waals surface area (Å²) in [7, 11) is 1.16. The minimum Gasteiger partial charge on any atom is -0.467 e. The van der Waals surface area contributed by atoms with Gasteiger partial charge in [-0.2, -0.15) is 0 Å². The summed E-state index contributed by atoms with van der Waals surface area (Å²) >= 11 is 0. The molecule has 0 aliphatic heterocycles. The van der Waals surface area contributed by atoms with Crippen LogP contribution in [0.25, 0.3) is 0 Å². The lowest BCUT2D eigenvalue weighted by Gasteiger charge is -2.25. The molecular weight excluding hydrogens is 288 g/mol. The fourth-order valence-electron chi connectivity index (χ4n) is 1.76. The summed E-state index contributed by atoms with van der Waals surface area (Å²) in [6.45, 7) is 5.07. The number of carbonyl (C=O) groups is 2. The van der Waals surface area contributed by atoms with Gasteiger partial charge in [0.15, 0.2) is 6.04 Å². The number of ether oxygens (including phenoxy) is 2. The Morgan fingerprint density at radius 1 is 1.32 bits per heavy atom. The van der Waals surface area contributed by atoms with E-state index in [9.17, 15) is 14.7 Å². The van der Waals surface area contributed by atoms with Crippen LogP contribution in [-0.4, -0.2) is 35.9 Å². The van der Waals surface area contributed by atoms with Gasteiger partial charge in [-0.3, -0.25) is 0 Å². The number of nitrogen functional groups attached to an aromatic ring is 1. The highest BCUT2D eigenvalue weighted by Crippen LogP contribution is 2.20. The van der Waals surface area contributed by atoms with E-state index in [2.05, 4.69) is 10.1 Å². The summed E-state index contributed by atoms with van der Waals surface area (Å²) in [6, 6.07) is 5.08. The van der Waals surface area contributed by atoms with Crippen molar-refractivity contribution in [2.24, 2.45) is 0 Å². The second-order valence-corrected chi connectivity index (χ2v) is 5.76. The summed E-state index contributed by atoms with van der Waals surface area (Å²) < 4.78 is 9.69. The van der Waals surface area contributed by atoms with Crippen LogP contribution in [0.5, 0.6) is 0 Å². The van der Waals surface area contributed by atoms with Crippen molar-refractivity contribution in [3.8, 4) is 0 Å². The minimum absolute atomic E-state index is 0.381. The number of hydrogen-bond donors (Lipinski definition) is 3. The number of aliphatic hydroxyl groups is 1. The van der Waals surface area contributed by atoms with Crippen molar-refractivity contribution in [1.82, 2.24) is 5.32 Å². The molecule has 0 saturated carbocycles. The predicted molar refractivity (Wildman–Crippen MR) is 81.0 cm³/mol. The maximum atomic E-state index is 11.8. The number of alkyl carbamates (subject to hydrolysis) is 1. The molecule has 7 heteroatoms. The molecule has 1 aromatic rings. The molecule has 7 nitrogen and oxygen atoms in total. The zero-order chi connectivity index (χ0) is 16.9. The highest BCUT2D eigenvalue weighted by Gasteiger charge is 2.32. The zero-order valence-corrected chi connectivity index (χ0v) is 13.1. The maximum absolute atomic E-state index is 11.8. The molecule has 0 bridgehead atoms. The smallest absolute Gasteiger partial charge is 0.408 e. The third-order valence-electron chi connectivity index (χ3n) is 2.70. The van der Waals surface area contributed by atoms with E-state index < -0.39 is 29.8 Å². The maximum Gasteiger partial charge on any atom is 0.408 e. The van der Waals surface area contributed by atoms with Crippen LogP contribution in [0.2, 0.25) is 0 Å². The van der Waals surface area contributed by atoms with Crippen molar-refractivity contribution in [2.75, 3.05) is 12.8 Å². The monoisotopic (exact) mass is 310 g/mol. The first-order chi connectivity index (χ1) is 10.1. The molecule has 0 unspecified atom stereocenters. The molecule has 0 aromatic heterocycles. The van der Waals surface area contributed by atoms with Crippen LogP contribution in [0.1, 0.15) is 32.4 Å². The Morgan fingerprint density at radius 2 is 1.95 bits per heavy atom. The van der Waals surface area contributed by atoms with Crippen molar-refractivity contribution in [3.63, 3.8) is 0 Å². The van der Waals surface area contributed by atoms with E-state index in [1.54, 1.807) is 39.0 Å². The van der Waals surface area contributed by atoms with Crippen molar-refractivity contribution >= 4 is 17.7 Å². The molecule has 0 saturated heterocycles. The molecule has 0 fully saturated rings. The van der Waals surface area contributed by atoms with Crippen molar-refractivity contribution in [3.05, 3.63) is 29.8 Å². The Bertz CT molecular complexity index is 539. The second-order valence-electron chi connectivity index (χ2n) is 5.76. The van der Waals surface area contributed by atoms with Gasteiger partial charge in [-0.1, -0.05) is 12.1 Å². The Hall–Kier alpha value is -2.28. The molecule has 1 aromatic carbocycles. The first kappa shape index (κ1) is 17.8. The summed E-state index contributed by atoms with van der Waals surface area (Å²) in [4.78, 5) is 23.6. The first-order valence-corrected chi connectivity index (χ1v) is 6.75. The molecule has 1 rings (SSSR count). The van der Waals surface area contributed by atoms with Gasteiger partial charge in [0.2, 0.25) is 0 Å². The second kappa shape index (κ2) is 7.13. The number of hydrogen-bond acceptors (Lipinski definition) is 6. The third kappa shape index (κ3) is 5.25. The van der Waals surface area contributed by atoms with Gasteiger partial charge in [0.05, 0.1) is 7.11 Å². The number of benzene rings is 1. The fraction of sp³-hybridized carbons (Fsp3) is 0.467. The molecule has 1 amide bonds. The fourth-order valence-corrected chi connectivity index (χ4v) is 1.76. The normalized spacial score (nSPS) is 13.9. The van der Waals surface area contributed by atoms with Crippen LogP contribution in [0.3, 0.4) is 0 Å². The number of esters is 1. The number of methoxy groups -OCH3 is 1. The van der Waals surface area contributed by atoms with E-state index in [0.717, 1.165) is 7.11 Å². The van der Waals surface area contributed by atoms with E-state index in [1.807, 2.05) is 0 Å². The van der Waals surface area contributed by atoms with Gasteiger partial charge in [-0.25, -0.2) is 9.59 Å². The Labute approximate surface area is 129 Å². The van der Waals surface area contributed by atoms with Crippen molar-refractivity contribution < 1.29 is 24.2 Å². The highest BCUT2D eigenvalue weighted by atomic mass is 16.6.